The van der Waals surface area contributed by atoms with Crippen molar-refractivity contribution in [3.05, 3.63) is 35.4 Å². The lowest BCUT2D eigenvalue weighted by Gasteiger charge is -2.22. The molecule has 0 aromatic heterocycles. The summed E-state index contributed by atoms with van der Waals surface area (Å²) in [4.78, 5) is 2.45. The van der Waals surface area contributed by atoms with Crippen LogP contribution < -0.4 is 0 Å². The minimum absolute atomic E-state index is 0. The average Bonchev–Trinajstić information content (AvgIpc) is 2.99. The van der Waals surface area contributed by atoms with E-state index in [-0.39, 0.29) is 25.1 Å². The SMILES string of the molecule is Cl.OCC1c2ccccc2CN1C1CC1. The van der Waals surface area contributed by atoms with Gasteiger partial charge in [0.15, 0.2) is 0 Å². The number of aliphatic hydroxyl groups is 1. The number of halogens is 1. The highest BCUT2D eigenvalue weighted by atomic mass is 35.5. The summed E-state index contributed by atoms with van der Waals surface area (Å²) in [6.07, 6.45) is 2.62. The molecule has 0 amide bonds. The van der Waals surface area contributed by atoms with E-state index in [1.807, 2.05) is 0 Å². The van der Waals surface area contributed by atoms with Gasteiger partial charge in [-0.25, -0.2) is 0 Å². The van der Waals surface area contributed by atoms with Crippen LogP contribution in [0.3, 0.4) is 0 Å². The van der Waals surface area contributed by atoms with Crippen LogP contribution in [0.2, 0.25) is 0 Å². The first-order chi connectivity index (χ1) is 6.90. The van der Waals surface area contributed by atoms with Crippen LogP contribution in [0.4, 0.5) is 0 Å². The Morgan fingerprint density at radius 3 is 2.67 bits per heavy atom. The van der Waals surface area contributed by atoms with Crippen molar-refractivity contribution in [1.82, 2.24) is 4.90 Å². The van der Waals surface area contributed by atoms with Gasteiger partial charge in [-0.05, 0) is 24.0 Å². The number of hydrogen-bond donors (Lipinski definition) is 1. The third-order valence-electron chi connectivity index (χ3n) is 3.36. The Labute approximate surface area is 96.3 Å². The normalized spacial score (nSPS) is 24.7. The third kappa shape index (κ3) is 1.78. The van der Waals surface area contributed by atoms with E-state index in [0.29, 0.717) is 0 Å². The predicted molar refractivity (Wildman–Crippen MR) is 62.1 cm³/mol. The standard InChI is InChI=1S/C12H15NO.ClH/c14-8-12-11-4-2-1-3-9(11)7-13(12)10-5-6-10;/h1-4,10,12,14H,5-8H2;1H. The van der Waals surface area contributed by atoms with Gasteiger partial charge in [-0.2, -0.15) is 0 Å². The van der Waals surface area contributed by atoms with Crippen molar-refractivity contribution in [2.24, 2.45) is 0 Å². The summed E-state index contributed by atoms with van der Waals surface area (Å²) < 4.78 is 0. The van der Waals surface area contributed by atoms with Crippen LogP contribution in [0.5, 0.6) is 0 Å². The topological polar surface area (TPSA) is 23.5 Å². The first-order valence-corrected chi connectivity index (χ1v) is 5.34. The summed E-state index contributed by atoms with van der Waals surface area (Å²) in [6.45, 7) is 1.29. The van der Waals surface area contributed by atoms with Gasteiger partial charge in [0.05, 0.1) is 12.6 Å². The van der Waals surface area contributed by atoms with Gasteiger partial charge in [0, 0.05) is 12.6 Å². The van der Waals surface area contributed by atoms with Gasteiger partial charge in [-0.15, -0.1) is 12.4 Å². The monoisotopic (exact) mass is 225 g/mol. The molecule has 0 bridgehead atoms. The van der Waals surface area contributed by atoms with Gasteiger partial charge in [-0.1, -0.05) is 24.3 Å². The molecule has 1 aliphatic carbocycles. The second-order valence-corrected chi connectivity index (χ2v) is 4.30. The molecule has 3 heteroatoms. The highest BCUT2D eigenvalue weighted by Gasteiger charge is 2.38. The molecule has 1 fully saturated rings. The molecular weight excluding hydrogens is 210 g/mol. The lowest BCUT2D eigenvalue weighted by atomic mass is 10.1. The molecule has 1 unspecified atom stereocenters. The Bertz CT molecular complexity index is 351. The van der Waals surface area contributed by atoms with Gasteiger partial charge in [0.25, 0.3) is 0 Å². The van der Waals surface area contributed by atoms with E-state index < -0.39 is 0 Å². The molecule has 1 aromatic carbocycles. The van der Waals surface area contributed by atoms with E-state index >= 15 is 0 Å². The van der Waals surface area contributed by atoms with E-state index in [2.05, 4.69) is 29.2 Å². The molecule has 0 radical (unpaired) electrons. The zero-order chi connectivity index (χ0) is 9.54. The number of benzene rings is 1. The lowest BCUT2D eigenvalue weighted by molar-refractivity contribution is 0.128. The first-order valence-electron chi connectivity index (χ1n) is 5.34. The summed E-state index contributed by atoms with van der Waals surface area (Å²) in [5.41, 5.74) is 2.74. The van der Waals surface area contributed by atoms with E-state index in [4.69, 9.17) is 0 Å². The quantitative estimate of drug-likeness (QED) is 0.834. The van der Waals surface area contributed by atoms with Crippen molar-refractivity contribution in [3.63, 3.8) is 0 Å². The number of nitrogens with zero attached hydrogens (tertiary/aromatic N) is 1. The van der Waals surface area contributed by atoms with Crippen LogP contribution in [0.1, 0.15) is 30.0 Å². The average molecular weight is 226 g/mol. The predicted octanol–water partition coefficient (Wildman–Crippen LogP) is 2.12. The van der Waals surface area contributed by atoms with E-state index in [0.717, 1.165) is 12.6 Å². The maximum atomic E-state index is 9.42. The van der Waals surface area contributed by atoms with Crippen LogP contribution in [0.15, 0.2) is 24.3 Å². The smallest absolute Gasteiger partial charge is 0.0628 e. The van der Waals surface area contributed by atoms with Gasteiger partial charge in [0.1, 0.15) is 0 Å². The van der Waals surface area contributed by atoms with Crippen molar-refractivity contribution in [2.75, 3.05) is 6.61 Å². The van der Waals surface area contributed by atoms with Crippen LogP contribution in [0, 0.1) is 0 Å². The van der Waals surface area contributed by atoms with Gasteiger partial charge in [0.2, 0.25) is 0 Å². The molecular formula is C12H16ClNO. The van der Waals surface area contributed by atoms with E-state index in [1.54, 1.807) is 0 Å². The maximum Gasteiger partial charge on any atom is 0.0628 e. The van der Waals surface area contributed by atoms with Gasteiger partial charge < -0.3 is 5.11 Å². The molecule has 3 rings (SSSR count). The largest absolute Gasteiger partial charge is 0.394 e. The molecule has 15 heavy (non-hydrogen) atoms. The van der Waals surface area contributed by atoms with Gasteiger partial charge in [-0.3, -0.25) is 4.90 Å². The molecule has 2 aliphatic rings. The van der Waals surface area contributed by atoms with Crippen LogP contribution in [-0.4, -0.2) is 22.7 Å². The summed E-state index contributed by atoms with van der Waals surface area (Å²) in [6, 6.07) is 9.49. The van der Waals surface area contributed by atoms with Crippen molar-refractivity contribution < 1.29 is 5.11 Å². The summed E-state index contributed by atoms with van der Waals surface area (Å²) in [5.74, 6) is 0. The van der Waals surface area contributed by atoms with Crippen molar-refractivity contribution in [1.29, 1.82) is 0 Å². The summed E-state index contributed by atoms with van der Waals surface area (Å²) in [7, 11) is 0. The molecule has 1 saturated carbocycles. The fourth-order valence-electron chi connectivity index (χ4n) is 2.48. The Morgan fingerprint density at radius 1 is 1.27 bits per heavy atom. The fourth-order valence-corrected chi connectivity index (χ4v) is 2.48. The molecule has 0 spiro atoms. The number of aliphatic hydroxyl groups excluding tert-OH is 1. The number of fused-ring (bicyclic) bond motifs is 1. The zero-order valence-electron chi connectivity index (χ0n) is 8.60. The molecule has 1 atom stereocenters. The van der Waals surface area contributed by atoms with Crippen LogP contribution in [0.25, 0.3) is 0 Å². The Kier molecular flexibility index (Phi) is 3.01. The second-order valence-electron chi connectivity index (χ2n) is 4.30. The van der Waals surface area contributed by atoms with Gasteiger partial charge >= 0.3 is 0 Å². The minimum Gasteiger partial charge on any atom is -0.394 e. The fraction of sp³-hybridized carbons (Fsp3) is 0.500. The Morgan fingerprint density at radius 2 is 2.00 bits per heavy atom. The number of hydrogen-bond acceptors (Lipinski definition) is 2. The van der Waals surface area contributed by atoms with Crippen LogP contribution in [-0.2, 0) is 6.54 Å². The molecule has 1 N–H and O–H groups in total. The van der Waals surface area contributed by atoms with Crippen molar-refractivity contribution in [2.45, 2.75) is 31.5 Å². The van der Waals surface area contributed by atoms with Crippen molar-refractivity contribution >= 4 is 12.4 Å². The Balaban J connectivity index is 0.000000853. The van der Waals surface area contributed by atoms with Crippen molar-refractivity contribution in [3.8, 4) is 0 Å². The molecule has 1 heterocycles. The molecule has 82 valence electrons. The highest BCUT2D eigenvalue weighted by molar-refractivity contribution is 5.85. The van der Waals surface area contributed by atoms with E-state index in [1.165, 1.54) is 24.0 Å². The molecule has 1 aliphatic heterocycles. The maximum absolute atomic E-state index is 9.42. The Hall–Kier alpha value is -0.570. The van der Waals surface area contributed by atoms with Crippen LogP contribution >= 0.6 is 12.4 Å². The zero-order valence-corrected chi connectivity index (χ0v) is 9.41. The number of rotatable bonds is 2. The highest BCUT2D eigenvalue weighted by Crippen LogP contribution is 2.41. The molecule has 0 saturated heterocycles. The summed E-state index contributed by atoms with van der Waals surface area (Å²) in [5, 5.41) is 9.42. The molecule has 1 aromatic rings. The lowest BCUT2D eigenvalue weighted by Crippen LogP contribution is -2.26. The first kappa shape index (κ1) is 10.9. The molecule has 2 nitrogen and oxygen atoms in total. The summed E-state index contributed by atoms with van der Waals surface area (Å²) >= 11 is 0. The minimum atomic E-state index is 0. The third-order valence-corrected chi connectivity index (χ3v) is 3.36. The van der Waals surface area contributed by atoms with E-state index in [9.17, 15) is 5.11 Å². The second kappa shape index (κ2) is 4.12.